The summed E-state index contributed by atoms with van der Waals surface area (Å²) in [5, 5.41) is 25.4. The molecule has 1 aliphatic carbocycles. The molecule has 5 nitrogen and oxygen atoms in total. The fraction of sp³-hybridized carbons (Fsp3) is 0.923. The van der Waals surface area contributed by atoms with E-state index in [1.54, 1.807) is 0 Å². The van der Waals surface area contributed by atoms with Crippen LogP contribution in [0.4, 0.5) is 0 Å². The minimum absolute atomic E-state index is 0.164. The Morgan fingerprint density at radius 1 is 1.44 bits per heavy atom. The maximum Gasteiger partial charge on any atom is 0.156 e. The fourth-order valence-electron chi connectivity index (χ4n) is 2.64. The predicted octanol–water partition coefficient (Wildman–Crippen LogP) is 1.43. The number of hydrogen-bond donors (Lipinski definition) is 4. The van der Waals surface area contributed by atoms with Crippen molar-refractivity contribution in [2.75, 3.05) is 6.54 Å². The van der Waals surface area contributed by atoms with Crippen LogP contribution in [0.2, 0.25) is 0 Å². The number of hydrogen-bond acceptors (Lipinski definition) is 4. The molecule has 0 aromatic rings. The van der Waals surface area contributed by atoms with Crippen LogP contribution >= 0.6 is 0 Å². The standard InChI is InChI=1S/C13H27N3O2/c1-3-10-5-7-13(17,8-6-10)9-15-11(4-2)12(14)16-18/h10-11,15,17-18H,3-9H2,1-2H3,(H2,14,16). The molecule has 5 heteroatoms. The van der Waals surface area contributed by atoms with Gasteiger partial charge in [-0.25, -0.2) is 0 Å². The average Bonchev–Trinajstić information content (AvgIpc) is 2.40. The van der Waals surface area contributed by atoms with Gasteiger partial charge in [-0.2, -0.15) is 0 Å². The molecule has 1 atom stereocenters. The number of nitrogens with one attached hydrogen (secondary N) is 1. The molecular weight excluding hydrogens is 230 g/mol. The highest BCUT2D eigenvalue weighted by molar-refractivity contribution is 5.85. The van der Waals surface area contributed by atoms with E-state index in [9.17, 15) is 5.11 Å². The second-order valence-electron chi connectivity index (χ2n) is 5.44. The molecule has 0 heterocycles. The second kappa shape index (κ2) is 6.95. The van der Waals surface area contributed by atoms with Crippen molar-refractivity contribution in [3.05, 3.63) is 0 Å². The van der Waals surface area contributed by atoms with Gasteiger partial charge in [-0.3, -0.25) is 0 Å². The lowest BCUT2D eigenvalue weighted by atomic mass is 9.78. The summed E-state index contributed by atoms with van der Waals surface area (Å²) in [4.78, 5) is 0. The third-order valence-corrected chi connectivity index (χ3v) is 4.17. The van der Waals surface area contributed by atoms with Gasteiger partial charge in [-0.15, -0.1) is 0 Å². The summed E-state index contributed by atoms with van der Waals surface area (Å²) >= 11 is 0. The van der Waals surface area contributed by atoms with E-state index in [0.29, 0.717) is 6.54 Å². The number of nitrogens with zero attached hydrogens (tertiary/aromatic N) is 1. The molecule has 0 radical (unpaired) electrons. The Morgan fingerprint density at radius 3 is 2.50 bits per heavy atom. The van der Waals surface area contributed by atoms with Crippen molar-refractivity contribution in [1.82, 2.24) is 5.32 Å². The van der Waals surface area contributed by atoms with Gasteiger partial charge in [-0.05, 0) is 38.0 Å². The third kappa shape index (κ3) is 4.14. The molecule has 1 unspecified atom stereocenters. The molecular formula is C13H27N3O2. The molecule has 0 bridgehead atoms. The Labute approximate surface area is 109 Å². The molecule has 0 amide bonds. The van der Waals surface area contributed by atoms with Crippen molar-refractivity contribution >= 4 is 5.84 Å². The van der Waals surface area contributed by atoms with Gasteiger partial charge in [0.05, 0.1) is 11.6 Å². The van der Waals surface area contributed by atoms with Gasteiger partial charge >= 0.3 is 0 Å². The highest BCUT2D eigenvalue weighted by Crippen LogP contribution is 2.33. The molecule has 0 spiro atoms. The Kier molecular flexibility index (Phi) is 5.88. The van der Waals surface area contributed by atoms with Crippen LogP contribution in [0.25, 0.3) is 0 Å². The van der Waals surface area contributed by atoms with Gasteiger partial charge in [0.2, 0.25) is 0 Å². The highest BCUT2D eigenvalue weighted by Gasteiger charge is 2.33. The van der Waals surface area contributed by atoms with E-state index in [1.165, 1.54) is 6.42 Å². The largest absolute Gasteiger partial charge is 0.409 e. The van der Waals surface area contributed by atoms with Crippen LogP contribution < -0.4 is 11.1 Å². The van der Waals surface area contributed by atoms with Crippen LogP contribution in [0.3, 0.4) is 0 Å². The summed E-state index contributed by atoms with van der Waals surface area (Å²) in [6.07, 6.45) is 5.80. The average molecular weight is 257 g/mol. The van der Waals surface area contributed by atoms with E-state index in [2.05, 4.69) is 17.4 Å². The Morgan fingerprint density at radius 2 is 2.06 bits per heavy atom. The number of aliphatic hydroxyl groups is 1. The predicted molar refractivity (Wildman–Crippen MR) is 72.7 cm³/mol. The zero-order valence-electron chi connectivity index (χ0n) is 11.5. The molecule has 0 aliphatic heterocycles. The van der Waals surface area contributed by atoms with Crippen molar-refractivity contribution < 1.29 is 10.3 Å². The zero-order chi connectivity index (χ0) is 13.6. The van der Waals surface area contributed by atoms with Crippen molar-refractivity contribution in [3.8, 4) is 0 Å². The molecule has 1 aliphatic rings. The van der Waals surface area contributed by atoms with E-state index in [0.717, 1.165) is 38.0 Å². The summed E-state index contributed by atoms with van der Waals surface area (Å²) in [7, 11) is 0. The van der Waals surface area contributed by atoms with Crippen LogP contribution in [-0.4, -0.2) is 34.3 Å². The highest BCUT2D eigenvalue weighted by atomic mass is 16.4. The minimum Gasteiger partial charge on any atom is -0.409 e. The van der Waals surface area contributed by atoms with Gasteiger partial charge in [-0.1, -0.05) is 25.4 Å². The Hall–Kier alpha value is -0.810. The quantitative estimate of drug-likeness (QED) is 0.251. The monoisotopic (exact) mass is 257 g/mol. The smallest absolute Gasteiger partial charge is 0.156 e. The molecule has 18 heavy (non-hydrogen) atoms. The van der Waals surface area contributed by atoms with Gasteiger partial charge in [0.1, 0.15) is 0 Å². The fourth-order valence-corrected chi connectivity index (χ4v) is 2.64. The van der Waals surface area contributed by atoms with Crippen molar-refractivity contribution in [1.29, 1.82) is 0 Å². The summed E-state index contributed by atoms with van der Waals surface area (Å²) in [5.74, 6) is 0.944. The van der Waals surface area contributed by atoms with Crippen LogP contribution in [-0.2, 0) is 0 Å². The SMILES string of the molecule is CCC1CCC(O)(CNC(CC)C(N)=NO)CC1. The number of amidine groups is 1. The van der Waals surface area contributed by atoms with Gasteiger partial charge < -0.3 is 21.4 Å². The first-order valence-electron chi connectivity index (χ1n) is 6.97. The van der Waals surface area contributed by atoms with Crippen molar-refractivity contribution in [2.45, 2.75) is 64.0 Å². The number of rotatable bonds is 6. The number of nitrogens with two attached hydrogens (primary N) is 1. The van der Waals surface area contributed by atoms with E-state index in [1.807, 2.05) is 6.92 Å². The summed E-state index contributed by atoms with van der Waals surface area (Å²) in [5.41, 5.74) is 4.96. The van der Waals surface area contributed by atoms with E-state index in [-0.39, 0.29) is 11.9 Å². The van der Waals surface area contributed by atoms with E-state index < -0.39 is 5.60 Å². The minimum atomic E-state index is -0.630. The van der Waals surface area contributed by atoms with Crippen LogP contribution in [0.1, 0.15) is 52.4 Å². The third-order valence-electron chi connectivity index (χ3n) is 4.17. The number of oxime groups is 1. The topological polar surface area (TPSA) is 90.9 Å². The first kappa shape index (κ1) is 15.2. The molecule has 0 aromatic heterocycles. The van der Waals surface area contributed by atoms with Gasteiger partial charge in [0.25, 0.3) is 0 Å². The zero-order valence-corrected chi connectivity index (χ0v) is 11.5. The summed E-state index contributed by atoms with van der Waals surface area (Å²) < 4.78 is 0. The molecule has 5 N–H and O–H groups in total. The van der Waals surface area contributed by atoms with Crippen molar-refractivity contribution in [2.24, 2.45) is 16.8 Å². The van der Waals surface area contributed by atoms with E-state index in [4.69, 9.17) is 10.9 Å². The first-order chi connectivity index (χ1) is 8.54. The van der Waals surface area contributed by atoms with Crippen LogP contribution in [0.5, 0.6) is 0 Å². The normalized spacial score (nSPS) is 31.3. The Bertz CT molecular complexity index is 273. The van der Waals surface area contributed by atoms with Gasteiger partial charge in [0, 0.05) is 6.54 Å². The second-order valence-corrected chi connectivity index (χ2v) is 5.44. The lowest BCUT2D eigenvalue weighted by Crippen LogP contribution is -2.50. The van der Waals surface area contributed by atoms with E-state index >= 15 is 0 Å². The molecule has 106 valence electrons. The summed E-state index contributed by atoms with van der Waals surface area (Å²) in [6, 6.07) is -0.164. The summed E-state index contributed by atoms with van der Waals surface area (Å²) in [6.45, 7) is 4.69. The molecule has 0 aromatic carbocycles. The van der Waals surface area contributed by atoms with Crippen LogP contribution in [0.15, 0.2) is 5.16 Å². The maximum atomic E-state index is 10.5. The van der Waals surface area contributed by atoms with Crippen molar-refractivity contribution in [3.63, 3.8) is 0 Å². The molecule has 0 saturated heterocycles. The van der Waals surface area contributed by atoms with Crippen LogP contribution in [0, 0.1) is 5.92 Å². The molecule has 1 saturated carbocycles. The van der Waals surface area contributed by atoms with Gasteiger partial charge in [0.15, 0.2) is 5.84 Å². The lowest BCUT2D eigenvalue weighted by Gasteiger charge is -2.36. The molecule has 1 rings (SSSR count). The maximum absolute atomic E-state index is 10.5. The Balaban J connectivity index is 2.42. The molecule has 1 fully saturated rings. The lowest BCUT2D eigenvalue weighted by molar-refractivity contribution is -0.00946. The first-order valence-corrected chi connectivity index (χ1v) is 6.97.